The maximum atomic E-state index is 12.1. The van der Waals surface area contributed by atoms with E-state index in [-0.39, 0.29) is 6.54 Å². The highest BCUT2D eigenvalue weighted by Gasteiger charge is 2.28. The summed E-state index contributed by atoms with van der Waals surface area (Å²) in [5.74, 6) is 0.136. The van der Waals surface area contributed by atoms with E-state index in [1.165, 1.54) is 4.68 Å². The third-order valence-corrected chi connectivity index (χ3v) is 2.94. The zero-order valence-corrected chi connectivity index (χ0v) is 12.1. The fourth-order valence-corrected chi connectivity index (χ4v) is 1.98. The molecule has 0 saturated heterocycles. The molecular formula is C14H15F3N4O. The molecule has 1 amide bonds. The van der Waals surface area contributed by atoms with E-state index in [0.29, 0.717) is 11.6 Å². The number of halogens is 3. The first-order chi connectivity index (χ1) is 10.3. The van der Waals surface area contributed by atoms with Gasteiger partial charge in [0.2, 0.25) is 5.91 Å². The lowest BCUT2D eigenvalue weighted by molar-refractivity contribution is -0.138. The number of carbonyl (C=O) groups excluding carboxylic acids is 1. The number of carbonyl (C=O) groups is 1. The number of hydrogen-bond donors (Lipinski definition) is 1. The number of nitrogens with one attached hydrogen (secondary N) is 1. The Morgan fingerprint density at radius 2 is 1.95 bits per heavy atom. The van der Waals surface area contributed by atoms with Crippen molar-refractivity contribution in [3.05, 3.63) is 35.7 Å². The predicted octanol–water partition coefficient (Wildman–Crippen LogP) is 2.24. The Hall–Kier alpha value is -2.38. The maximum absolute atomic E-state index is 12.1. The predicted molar refractivity (Wildman–Crippen MR) is 74.0 cm³/mol. The second kappa shape index (κ2) is 6.17. The van der Waals surface area contributed by atoms with E-state index in [1.807, 2.05) is 36.5 Å². The van der Waals surface area contributed by atoms with Gasteiger partial charge in [-0.3, -0.25) is 4.79 Å². The molecule has 2 rings (SSSR count). The van der Waals surface area contributed by atoms with Gasteiger partial charge in [0, 0.05) is 5.56 Å². The Morgan fingerprint density at radius 1 is 1.27 bits per heavy atom. The molecule has 0 spiro atoms. The summed E-state index contributed by atoms with van der Waals surface area (Å²) in [6.07, 6.45) is -4.44. The molecule has 0 aliphatic heterocycles. The first kappa shape index (κ1) is 16.0. The molecule has 118 valence electrons. The molecule has 2 aromatic rings. The number of nitrogens with zero attached hydrogens (tertiary/aromatic N) is 3. The van der Waals surface area contributed by atoms with Crippen LogP contribution in [0.4, 0.5) is 13.2 Å². The first-order valence-corrected chi connectivity index (χ1v) is 6.57. The van der Waals surface area contributed by atoms with Crippen LogP contribution < -0.4 is 5.32 Å². The van der Waals surface area contributed by atoms with Gasteiger partial charge in [0.05, 0.1) is 0 Å². The molecule has 1 aromatic carbocycles. The molecule has 1 N–H and O–H groups in total. The fraction of sp³-hybridized carbons (Fsp3) is 0.357. The highest BCUT2D eigenvalue weighted by atomic mass is 19.4. The van der Waals surface area contributed by atoms with Crippen LogP contribution in [-0.2, 0) is 11.3 Å². The van der Waals surface area contributed by atoms with E-state index in [1.54, 1.807) is 6.92 Å². The number of benzene rings is 1. The van der Waals surface area contributed by atoms with Crippen LogP contribution >= 0.6 is 0 Å². The molecule has 0 atom stereocenters. The molecule has 0 bridgehead atoms. The molecule has 0 aliphatic carbocycles. The Kier molecular flexibility index (Phi) is 4.48. The van der Waals surface area contributed by atoms with Crippen molar-refractivity contribution in [2.24, 2.45) is 0 Å². The Labute approximate surface area is 125 Å². The summed E-state index contributed by atoms with van der Waals surface area (Å²) >= 11 is 0. The zero-order chi connectivity index (χ0) is 16.3. The molecule has 0 fully saturated rings. The van der Waals surface area contributed by atoms with Crippen LogP contribution in [0.3, 0.4) is 0 Å². The summed E-state index contributed by atoms with van der Waals surface area (Å²) < 4.78 is 37.6. The molecule has 0 saturated carbocycles. The van der Waals surface area contributed by atoms with Gasteiger partial charge in [-0.15, -0.1) is 0 Å². The lowest BCUT2D eigenvalue weighted by Gasteiger charge is -2.10. The van der Waals surface area contributed by atoms with E-state index in [2.05, 4.69) is 10.1 Å². The zero-order valence-electron chi connectivity index (χ0n) is 12.1. The summed E-state index contributed by atoms with van der Waals surface area (Å²) in [4.78, 5) is 15.9. The average molecular weight is 312 g/mol. The fourth-order valence-electron chi connectivity index (χ4n) is 1.98. The van der Waals surface area contributed by atoms with E-state index in [4.69, 9.17) is 0 Å². The summed E-state index contributed by atoms with van der Waals surface area (Å²) in [5, 5.41) is 5.90. The van der Waals surface area contributed by atoms with Crippen LogP contribution in [0, 0.1) is 13.8 Å². The Bertz CT molecular complexity index is 679. The van der Waals surface area contributed by atoms with Crippen LogP contribution in [0.5, 0.6) is 0 Å². The monoisotopic (exact) mass is 312 g/mol. The quantitative estimate of drug-likeness (QED) is 0.942. The SMILES string of the molecule is Cc1nc(-c2ccccc2C)n(CC(=O)NCC(F)(F)F)n1. The highest BCUT2D eigenvalue weighted by Crippen LogP contribution is 2.21. The van der Waals surface area contributed by atoms with Gasteiger partial charge in [0.25, 0.3) is 0 Å². The smallest absolute Gasteiger partial charge is 0.345 e. The van der Waals surface area contributed by atoms with Crippen LogP contribution in [0.15, 0.2) is 24.3 Å². The molecular weight excluding hydrogens is 297 g/mol. The first-order valence-electron chi connectivity index (χ1n) is 6.57. The third-order valence-electron chi connectivity index (χ3n) is 2.94. The van der Waals surface area contributed by atoms with Crippen molar-refractivity contribution in [1.29, 1.82) is 0 Å². The molecule has 5 nitrogen and oxygen atoms in total. The number of rotatable bonds is 4. The standard InChI is InChI=1S/C14H15F3N4O/c1-9-5-3-4-6-11(9)13-19-10(2)20-21(13)7-12(22)18-8-14(15,16)17/h3-6H,7-8H2,1-2H3,(H,18,22). The van der Waals surface area contributed by atoms with Crippen molar-refractivity contribution < 1.29 is 18.0 Å². The molecule has 22 heavy (non-hydrogen) atoms. The topological polar surface area (TPSA) is 59.8 Å². The van der Waals surface area contributed by atoms with E-state index in [9.17, 15) is 18.0 Å². The highest BCUT2D eigenvalue weighted by molar-refractivity contribution is 5.76. The third kappa shape index (κ3) is 4.06. The van der Waals surface area contributed by atoms with Crippen LogP contribution in [-0.4, -0.2) is 33.4 Å². The van der Waals surface area contributed by atoms with Crippen LogP contribution in [0.1, 0.15) is 11.4 Å². The largest absolute Gasteiger partial charge is 0.405 e. The average Bonchev–Trinajstić information content (AvgIpc) is 2.77. The second-order valence-electron chi connectivity index (χ2n) is 4.85. The summed E-state index contributed by atoms with van der Waals surface area (Å²) in [7, 11) is 0. The molecule has 0 radical (unpaired) electrons. The van der Waals surface area contributed by atoms with E-state index < -0.39 is 18.6 Å². The van der Waals surface area contributed by atoms with Gasteiger partial charge in [-0.25, -0.2) is 9.67 Å². The van der Waals surface area contributed by atoms with Crippen molar-refractivity contribution in [1.82, 2.24) is 20.1 Å². The maximum Gasteiger partial charge on any atom is 0.405 e. The van der Waals surface area contributed by atoms with E-state index >= 15 is 0 Å². The summed E-state index contributed by atoms with van der Waals surface area (Å²) in [6, 6.07) is 7.39. The minimum absolute atomic E-state index is 0.319. The van der Waals surface area contributed by atoms with Crippen LogP contribution in [0.25, 0.3) is 11.4 Å². The van der Waals surface area contributed by atoms with Crippen molar-refractivity contribution >= 4 is 5.91 Å². The minimum atomic E-state index is -4.44. The van der Waals surface area contributed by atoms with Crippen LogP contribution in [0.2, 0.25) is 0 Å². The van der Waals surface area contributed by atoms with Gasteiger partial charge in [0.1, 0.15) is 18.9 Å². The van der Waals surface area contributed by atoms with Crippen molar-refractivity contribution in [2.75, 3.05) is 6.54 Å². The molecule has 0 aliphatic rings. The van der Waals surface area contributed by atoms with Gasteiger partial charge < -0.3 is 5.32 Å². The van der Waals surface area contributed by atoms with Gasteiger partial charge in [-0.1, -0.05) is 24.3 Å². The van der Waals surface area contributed by atoms with Gasteiger partial charge >= 0.3 is 6.18 Å². The summed E-state index contributed by atoms with van der Waals surface area (Å²) in [5.41, 5.74) is 1.72. The molecule has 8 heteroatoms. The molecule has 1 heterocycles. The van der Waals surface area contributed by atoms with Gasteiger partial charge in [-0.2, -0.15) is 18.3 Å². The lowest BCUT2D eigenvalue weighted by Crippen LogP contribution is -2.36. The lowest BCUT2D eigenvalue weighted by atomic mass is 10.1. The number of hydrogen-bond acceptors (Lipinski definition) is 3. The number of aryl methyl sites for hydroxylation is 2. The normalized spacial score (nSPS) is 11.5. The van der Waals surface area contributed by atoms with Crippen molar-refractivity contribution in [2.45, 2.75) is 26.6 Å². The number of amides is 1. The van der Waals surface area contributed by atoms with Crippen molar-refractivity contribution in [3.8, 4) is 11.4 Å². The second-order valence-corrected chi connectivity index (χ2v) is 4.85. The minimum Gasteiger partial charge on any atom is -0.345 e. The van der Waals surface area contributed by atoms with E-state index in [0.717, 1.165) is 11.1 Å². The van der Waals surface area contributed by atoms with Gasteiger partial charge in [-0.05, 0) is 19.4 Å². The van der Waals surface area contributed by atoms with Crippen molar-refractivity contribution in [3.63, 3.8) is 0 Å². The number of aromatic nitrogens is 3. The molecule has 0 unspecified atom stereocenters. The summed E-state index contributed by atoms with van der Waals surface area (Å²) in [6.45, 7) is 1.86. The van der Waals surface area contributed by atoms with Gasteiger partial charge in [0.15, 0.2) is 5.82 Å². The Balaban J connectivity index is 2.19. The Morgan fingerprint density at radius 3 is 2.59 bits per heavy atom. The number of alkyl halides is 3. The molecule has 1 aromatic heterocycles.